The average Bonchev–Trinajstić information content (AvgIpc) is 1.88. The van der Waals surface area contributed by atoms with Gasteiger partial charge in [-0.1, -0.05) is 19.9 Å². The molecule has 2 N–H and O–H groups in total. The highest BCUT2D eigenvalue weighted by Crippen LogP contribution is 2.29. The molecule has 0 aromatic heterocycles. The molecule has 1 unspecified atom stereocenters. The summed E-state index contributed by atoms with van der Waals surface area (Å²) < 4.78 is 0. The quantitative estimate of drug-likeness (QED) is 0.653. The summed E-state index contributed by atoms with van der Waals surface area (Å²) in [4.78, 5) is 10.9. The molecule has 0 aromatic rings. The van der Waals surface area contributed by atoms with Crippen molar-refractivity contribution in [1.82, 2.24) is 0 Å². The fraction of sp³-hybridized carbons (Fsp3) is 0.625. The van der Waals surface area contributed by atoms with Gasteiger partial charge in [-0.15, -0.1) is 6.58 Å². The molecule has 0 heterocycles. The number of nitrogens with two attached hydrogens (primary N) is 1. The number of rotatable bonds is 4. The third kappa shape index (κ3) is 2.58. The molecule has 0 aromatic carbocycles. The van der Waals surface area contributed by atoms with Crippen molar-refractivity contribution in [2.75, 3.05) is 6.26 Å². The van der Waals surface area contributed by atoms with Gasteiger partial charge in [-0.2, -0.15) is 11.8 Å². The number of carbonyl (C=O) groups excluding carboxylic acids is 1. The summed E-state index contributed by atoms with van der Waals surface area (Å²) in [6.07, 6.45) is 3.64. The summed E-state index contributed by atoms with van der Waals surface area (Å²) in [5, 5.41) is -0.181. The molecular weight excluding hydrogens is 158 g/mol. The minimum atomic E-state index is -0.276. The molecular formula is C8H15NOS. The van der Waals surface area contributed by atoms with Crippen LogP contribution < -0.4 is 5.73 Å². The second-order valence-electron chi connectivity index (χ2n) is 3.04. The maximum Gasteiger partial charge on any atom is 0.231 e. The lowest BCUT2D eigenvalue weighted by atomic mass is 9.89. The number of thioether (sulfide) groups is 1. The van der Waals surface area contributed by atoms with E-state index in [1.165, 1.54) is 11.8 Å². The van der Waals surface area contributed by atoms with Gasteiger partial charge in [0.25, 0.3) is 0 Å². The molecule has 1 amide bonds. The Morgan fingerprint density at radius 2 is 2.18 bits per heavy atom. The van der Waals surface area contributed by atoms with Crippen molar-refractivity contribution in [2.45, 2.75) is 19.1 Å². The van der Waals surface area contributed by atoms with Gasteiger partial charge in [0.1, 0.15) is 0 Å². The van der Waals surface area contributed by atoms with Crippen molar-refractivity contribution in [3.05, 3.63) is 12.7 Å². The lowest BCUT2D eigenvalue weighted by molar-refractivity contribution is -0.118. The zero-order valence-electron chi connectivity index (χ0n) is 7.26. The Bertz CT molecular complexity index is 165. The van der Waals surface area contributed by atoms with E-state index >= 15 is 0 Å². The van der Waals surface area contributed by atoms with Crippen molar-refractivity contribution >= 4 is 17.7 Å². The van der Waals surface area contributed by atoms with Crippen LogP contribution in [0.1, 0.15) is 13.8 Å². The molecule has 0 aliphatic rings. The number of hydrogen-bond donors (Lipinski definition) is 1. The zero-order valence-corrected chi connectivity index (χ0v) is 8.07. The Labute approximate surface area is 72.2 Å². The second kappa shape index (κ2) is 3.81. The molecule has 0 spiro atoms. The number of amides is 1. The van der Waals surface area contributed by atoms with Gasteiger partial charge in [-0.05, 0) is 6.26 Å². The first-order valence-electron chi connectivity index (χ1n) is 3.41. The number of carbonyl (C=O) groups is 1. The van der Waals surface area contributed by atoms with Gasteiger partial charge in [0.2, 0.25) is 5.91 Å². The van der Waals surface area contributed by atoms with Crippen molar-refractivity contribution in [3.8, 4) is 0 Å². The highest BCUT2D eigenvalue weighted by atomic mass is 32.2. The van der Waals surface area contributed by atoms with Crippen LogP contribution in [-0.4, -0.2) is 17.4 Å². The van der Waals surface area contributed by atoms with Gasteiger partial charge in [0, 0.05) is 5.41 Å². The highest BCUT2D eigenvalue weighted by molar-refractivity contribution is 8.00. The van der Waals surface area contributed by atoms with Crippen LogP contribution in [0.3, 0.4) is 0 Å². The lowest BCUT2D eigenvalue weighted by Gasteiger charge is -2.26. The van der Waals surface area contributed by atoms with Crippen molar-refractivity contribution < 1.29 is 4.79 Å². The summed E-state index contributed by atoms with van der Waals surface area (Å²) >= 11 is 1.46. The molecule has 0 radical (unpaired) electrons. The molecule has 11 heavy (non-hydrogen) atoms. The topological polar surface area (TPSA) is 43.1 Å². The third-order valence-corrected chi connectivity index (χ3v) is 3.01. The van der Waals surface area contributed by atoms with Crippen LogP contribution in [0.4, 0.5) is 0 Å². The summed E-state index contributed by atoms with van der Waals surface area (Å²) in [7, 11) is 0. The minimum Gasteiger partial charge on any atom is -0.369 e. The Morgan fingerprint density at radius 1 is 1.73 bits per heavy atom. The molecule has 0 aliphatic carbocycles. The van der Waals surface area contributed by atoms with Crippen molar-refractivity contribution in [3.63, 3.8) is 0 Å². The van der Waals surface area contributed by atoms with Crippen LogP contribution in [-0.2, 0) is 4.79 Å². The van der Waals surface area contributed by atoms with Gasteiger partial charge in [0.15, 0.2) is 0 Å². The summed E-state index contributed by atoms with van der Waals surface area (Å²) in [6.45, 7) is 7.56. The number of primary amides is 1. The van der Waals surface area contributed by atoms with Gasteiger partial charge < -0.3 is 5.73 Å². The SMILES string of the molecule is C=CC(C)(C)C(SC)C(N)=O. The first-order valence-corrected chi connectivity index (χ1v) is 4.70. The largest absolute Gasteiger partial charge is 0.369 e. The van der Waals surface area contributed by atoms with Gasteiger partial charge in [-0.3, -0.25) is 4.79 Å². The van der Waals surface area contributed by atoms with Crippen LogP contribution >= 0.6 is 11.8 Å². The van der Waals surface area contributed by atoms with Crippen molar-refractivity contribution in [1.29, 1.82) is 0 Å². The minimum absolute atomic E-state index is 0.181. The third-order valence-electron chi connectivity index (χ3n) is 1.70. The van der Waals surface area contributed by atoms with Crippen LogP contribution in [0, 0.1) is 5.41 Å². The van der Waals surface area contributed by atoms with E-state index in [1.807, 2.05) is 20.1 Å². The molecule has 0 aliphatic heterocycles. The molecule has 1 atom stereocenters. The van der Waals surface area contributed by atoms with E-state index in [0.717, 1.165) is 0 Å². The Kier molecular flexibility index (Phi) is 3.66. The predicted octanol–water partition coefficient (Wildman–Crippen LogP) is 1.42. The van der Waals surface area contributed by atoms with Gasteiger partial charge in [0.05, 0.1) is 5.25 Å². The fourth-order valence-corrected chi connectivity index (χ4v) is 1.83. The Hall–Kier alpha value is -0.440. The molecule has 0 bridgehead atoms. The second-order valence-corrected chi connectivity index (χ2v) is 3.99. The molecule has 0 fully saturated rings. The average molecular weight is 173 g/mol. The van der Waals surface area contributed by atoms with E-state index in [9.17, 15) is 4.79 Å². The lowest BCUT2D eigenvalue weighted by Crippen LogP contribution is -2.37. The molecule has 3 heteroatoms. The van der Waals surface area contributed by atoms with Crippen LogP contribution in [0.15, 0.2) is 12.7 Å². The highest BCUT2D eigenvalue weighted by Gasteiger charge is 2.29. The summed E-state index contributed by atoms with van der Waals surface area (Å²) in [5.74, 6) is -0.276. The first-order chi connectivity index (χ1) is 4.95. The van der Waals surface area contributed by atoms with E-state index in [1.54, 1.807) is 6.08 Å². The van der Waals surface area contributed by atoms with E-state index < -0.39 is 0 Å². The molecule has 0 saturated heterocycles. The molecule has 2 nitrogen and oxygen atoms in total. The normalized spacial score (nSPS) is 14.1. The number of allylic oxidation sites excluding steroid dienone is 1. The number of hydrogen-bond acceptors (Lipinski definition) is 2. The van der Waals surface area contributed by atoms with E-state index in [-0.39, 0.29) is 16.6 Å². The van der Waals surface area contributed by atoms with E-state index in [2.05, 4.69) is 6.58 Å². The summed E-state index contributed by atoms with van der Waals surface area (Å²) in [6, 6.07) is 0. The van der Waals surface area contributed by atoms with Gasteiger partial charge >= 0.3 is 0 Å². The first kappa shape index (κ1) is 10.6. The van der Waals surface area contributed by atoms with Crippen LogP contribution in [0.25, 0.3) is 0 Å². The molecule has 0 saturated carbocycles. The van der Waals surface area contributed by atoms with E-state index in [4.69, 9.17) is 5.73 Å². The smallest absolute Gasteiger partial charge is 0.231 e. The van der Waals surface area contributed by atoms with Gasteiger partial charge in [-0.25, -0.2) is 0 Å². The van der Waals surface area contributed by atoms with Crippen LogP contribution in [0.5, 0.6) is 0 Å². The fourth-order valence-electron chi connectivity index (χ4n) is 0.894. The Morgan fingerprint density at radius 3 is 2.27 bits per heavy atom. The van der Waals surface area contributed by atoms with E-state index in [0.29, 0.717) is 0 Å². The standard InChI is InChI=1S/C8H15NOS/c1-5-8(2,3)6(11-4)7(9)10/h5-6H,1H2,2-4H3,(H2,9,10). The molecule has 64 valence electrons. The maximum absolute atomic E-state index is 10.9. The summed E-state index contributed by atoms with van der Waals surface area (Å²) in [5.41, 5.74) is 4.98. The predicted molar refractivity (Wildman–Crippen MR) is 50.5 cm³/mol. The van der Waals surface area contributed by atoms with Crippen LogP contribution in [0.2, 0.25) is 0 Å². The zero-order chi connectivity index (χ0) is 9.07. The maximum atomic E-state index is 10.9. The monoisotopic (exact) mass is 173 g/mol. The molecule has 0 rings (SSSR count). The Balaban J connectivity index is 4.48. The van der Waals surface area contributed by atoms with Crippen molar-refractivity contribution in [2.24, 2.45) is 11.1 Å².